The number of likely N-dealkylation sites (tertiary alicyclic amines) is 1. The molecule has 1 saturated carbocycles. The second-order valence-corrected chi connectivity index (χ2v) is 8.71. The van der Waals surface area contributed by atoms with E-state index in [2.05, 4.69) is 17.4 Å². The van der Waals surface area contributed by atoms with Crippen molar-refractivity contribution in [2.75, 3.05) is 25.5 Å². The highest BCUT2D eigenvalue weighted by molar-refractivity contribution is 5.96. The molecule has 0 unspecified atom stereocenters. The van der Waals surface area contributed by atoms with Crippen molar-refractivity contribution in [3.63, 3.8) is 0 Å². The zero-order valence-corrected chi connectivity index (χ0v) is 18.3. The van der Waals surface area contributed by atoms with Crippen LogP contribution in [0.5, 0.6) is 5.75 Å². The van der Waals surface area contributed by atoms with Gasteiger partial charge in [0.1, 0.15) is 5.75 Å². The Kier molecular flexibility index (Phi) is 6.90. The average Bonchev–Trinajstić information content (AvgIpc) is 2.84. The highest BCUT2D eigenvalue weighted by Gasteiger charge is 2.28. The number of methoxy groups -OCH3 is 1. The van der Waals surface area contributed by atoms with Crippen LogP contribution in [0, 0.1) is 5.92 Å². The minimum atomic E-state index is -0.0948. The van der Waals surface area contributed by atoms with Gasteiger partial charge in [0.15, 0.2) is 0 Å². The van der Waals surface area contributed by atoms with Gasteiger partial charge >= 0.3 is 0 Å². The van der Waals surface area contributed by atoms with E-state index in [9.17, 15) is 9.59 Å². The summed E-state index contributed by atoms with van der Waals surface area (Å²) in [6, 6.07) is 15.6. The van der Waals surface area contributed by atoms with Crippen LogP contribution >= 0.6 is 0 Å². The molecule has 4 rings (SSSR count). The van der Waals surface area contributed by atoms with E-state index in [0.717, 1.165) is 5.56 Å². The number of hydrogen-bond acceptors (Lipinski definition) is 3. The Morgan fingerprint density at radius 2 is 1.58 bits per heavy atom. The predicted octanol–water partition coefficient (Wildman–Crippen LogP) is 5.23. The molecular weight excluding hydrogens is 388 g/mol. The first-order valence-corrected chi connectivity index (χ1v) is 11.5. The summed E-state index contributed by atoms with van der Waals surface area (Å²) in [7, 11) is 1.59. The molecule has 2 aliphatic rings. The number of nitrogens with one attached hydrogen (secondary N) is 1. The Labute approximate surface area is 184 Å². The monoisotopic (exact) mass is 420 g/mol. The van der Waals surface area contributed by atoms with Crippen molar-refractivity contribution < 1.29 is 14.3 Å². The third kappa shape index (κ3) is 5.09. The van der Waals surface area contributed by atoms with Crippen molar-refractivity contribution in [3.8, 4) is 5.75 Å². The number of benzene rings is 2. The first-order chi connectivity index (χ1) is 15.2. The van der Waals surface area contributed by atoms with Crippen LogP contribution in [0.25, 0.3) is 0 Å². The van der Waals surface area contributed by atoms with Crippen molar-refractivity contribution in [1.82, 2.24) is 4.90 Å². The number of carbonyl (C=O) groups excluding carboxylic acids is 2. The van der Waals surface area contributed by atoms with E-state index in [-0.39, 0.29) is 17.7 Å². The lowest BCUT2D eigenvalue weighted by molar-refractivity contribution is -0.121. The summed E-state index contributed by atoms with van der Waals surface area (Å²) >= 11 is 0. The number of para-hydroxylation sites is 2. The molecule has 0 atom stereocenters. The Balaban J connectivity index is 1.31. The fraction of sp³-hybridized carbons (Fsp3) is 0.462. The Hall–Kier alpha value is -2.82. The lowest BCUT2D eigenvalue weighted by Crippen LogP contribution is -2.41. The zero-order chi connectivity index (χ0) is 21.6. The molecule has 2 fully saturated rings. The quantitative estimate of drug-likeness (QED) is 0.720. The number of anilines is 1. The van der Waals surface area contributed by atoms with Gasteiger partial charge in [0.05, 0.1) is 12.8 Å². The Morgan fingerprint density at radius 1 is 0.903 bits per heavy atom. The molecular formula is C26H32N2O3. The van der Waals surface area contributed by atoms with Gasteiger partial charge in [-0.3, -0.25) is 9.59 Å². The van der Waals surface area contributed by atoms with Gasteiger partial charge in [0.2, 0.25) is 5.91 Å². The smallest absolute Gasteiger partial charge is 0.253 e. The van der Waals surface area contributed by atoms with Crippen LogP contribution in [0.3, 0.4) is 0 Å². The van der Waals surface area contributed by atoms with E-state index in [1.54, 1.807) is 7.11 Å². The van der Waals surface area contributed by atoms with Gasteiger partial charge in [-0.05, 0) is 61.4 Å². The Bertz CT molecular complexity index is 895. The molecule has 1 heterocycles. The van der Waals surface area contributed by atoms with Crippen molar-refractivity contribution in [3.05, 3.63) is 59.7 Å². The molecule has 5 heteroatoms. The van der Waals surface area contributed by atoms with Crippen LogP contribution in [0.1, 0.15) is 66.8 Å². The van der Waals surface area contributed by atoms with Gasteiger partial charge in [0, 0.05) is 24.6 Å². The van der Waals surface area contributed by atoms with E-state index in [0.29, 0.717) is 43.3 Å². The summed E-state index contributed by atoms with van der Waals surface area (Å²) in [5.41, 5.74) is 2.80. The molecule has 5 nitrogen and oxygen atoms in total. The van der Waals surface area contributed by atoms with Crippen LogP contribution in [0.15, 0.2) is 48.5 Å². The molecule has 1 saturated heterocycles. The number of amides is 2. The number of piperidine rings is 1. The first-order valence-electron chi connectivity index (χ1n) is 11.5. The van der Waals surface area contributed by atoms with Gasteiger partial charge in [-0.1, -0.05) is 43.5 Å². The van der Waals surface area contributed by atoms with Gasteiger partial charge in [-0.25, -0.2) is 0 Å². The van der Waals surface area contributed by atoms with Crippen LogP contribution < -0.4 is 10.1 Å². The molecule has 2 aromatic rings. The van der Waals surface area contributed by atoms with E-state index in [1.165, 1.54) is 37.7 Å². The van der Waals surface area contributed by atoms with Crippen molar-refractivity contribution in [2.45, 2.75) is 50.9 Å². The number of rotatable bonds is 5. The fourth-order valence-electron chi connectivity index (χ4n) is 4.84. The lowest BCUT2D eigenvalue weighted by atomic mass is 9.84. The maximum absolute atomic E-state index is 12.9. The summed E-state index contributed by atoms with van der Waals surface area (Å²) in [5, 5.41) is 2.98. The molecule has 2 aromatic carbocycles. The summed E-state index contributed by atoms with van der Waals surface area (Å²) < 4.78 is 5.31. The third-order valence-corrected chi connectivity index (χ3v) is 6.75. The van der Waals surface area contributed by atoms with Crippen LogP contribution in [-0.2, 0) is 4.79 Å². The topological polar surface area (TPSA) is 58.6 Å². The highest BCUT2D eigenvalue weighted by atomic mass is 16.5. The molecule has 31 heavy (non-hydrogen) atoms. The minimum absolute atomic E-state index is 0.00608. The van der Waals surface area contributed by atoms with Gasteiger partial charge in [-0.2, -0.15) is 0 Å². The normalized spacial score (nSPS) is 17.9. The van der Waals surface area contributed by atoms with E-state index in [1.807, 2.05) is 41.3 Å². The maximum Gasteiger partial charge on any atom is 0.253 e. The number of carbonyl (C=O) groups is 2. The fourth-order valence-corrected chi connectivity index (χ4v) is 4.84. The summed E-state index contributed by atoms with van der Waals surface area (Å²) in [6.45, 7) is 1.21. The van der Waals surface area contributed by atoms with Crippen molar-refractivity contribution in [1.29, 1.82) is 0 Å². The number of hydrogen-bond donors (Lipinski definition) is 1. The molecule has 0 spiro atoms. The Morgan fingerprint density at radius 3 is 2.26 bits per heavy atom. The van der Waals surface area contributed by atoms with Gasteiger partial charge in [0.25, 0.3) is 5.91 Å². The largest absolute Gasteiger partial charge is 0.495 e. The lowest BCUT2D eigenvalue weighted by Gasteiger charge is -2.31. The second-order valence-electron chi connectivity index (χ2n) is 8.71. The molecule has 164 valence electrons. The van der Waals surface area contributed by atoms with Crippen LogP contribution in [0.4, 0.5) is 5.69 Å². The summed E-state index contributed by atoms with van der Waals surface area (Å²) in [4.78, 5) is 27.5. The SMILES string of the molecule is COc1ccccc1NC(=O)C1CCN(C(=O)c2ccc(C3CCCCC3)cc2)CC1. The summed E-state index contributed by atoms with van der Waals surface area (Å²) in [6.07, 6.45) is 7.84. The van der Waals surface area contributed by atoms with Crippen molar-refractivity contribution in [2.24, 2.45) is 5.92 Å². The second kappa shape index (κ2) is 9.99. The highest BCUT2D eigenvalue weighted by Crippen LogP contribution is 2.33. The van der Waals surface area contributed by atoms with E-state index >= 15 is 0 Å². The van der Waals surface area contributed by atoms with E-state index in [4.69, 9.17) is 4.74 Å². The predicted molar refractivity (Wildman–Crippen MR) is 123 cm³/mol. The molecule has 1 N–H and O–H groups in total. The number of nitrogens with zero attached hydrogens (tertiary/aromatic N) is 1. The van der Waals surface area contributed by atoms with Crippen LogP contribution in [-0.4, -0.2) is 36.9 Å². The molecule has 0 aromatic heterocycles. The minimum Gasteiger partial charge on any atom is -0.495 e. The average molecular weight is 421 g/mol. The van der Waals surface area contributed by atoms with Gasteiger partial charge < -0.3 is 15.0 Å². The third-order valence-electron chi connectivity index (χ3n) is 6.75. The standard InChI is InChI=1S/C26H32N2O3/c1-31-24-10-6-5-9-23(24)27-25(29)21-15-17-28(18-16-21)26(30)22-13-11-20(12-14-22)19-7-3-2-4-8-19/h5-6,9-14,19,21H,2-4,7-8,15-18H2,1H3,(H,27,29). The molecule has 0 bridgehead atoms. The molecule has 2 amide bonds. The maximum atomic E-state index is 12.9. The van der Waals surface area contributed by atoms with Crippen molar-refractivity contribution >= 4 is 17.5 Å². The number of ether oxygens (including phenoxy) is 1. The molecule has 0 radical (unpaired) electrons. The van der Waals surface area contributed by atoms with Gasteiger partial charge in [-0.15, -0.1) is 0 Å². The molecule has 1 aliphatic carbocycles. The van der Waals surface area contributed by atoms with Crippen LogP contribution in [0.2, 0.25) is 0 Å². The summed E-state index contributed by atoms with van der Waals surface area (Å²) in [5.74, 6) is 1.27. The zero-order valence-electron chi connectivity index (χ0n) is 18.3. The van der Waals surface area contributed by atoms with E-state index < -0.39 is 0 Å². The molecule has 1 aliphatic heterocycles. The first kappa shape index (κ1) is 21.4.